The third kappa shape index (κ3) is 5.03. The van der Waals surface area contributed by atoms with Crippen molar-refractivity contribution in [1.82, 2.24) is 5.43 Å². The van der Waals surface area contributed by atoms with E-state index >= 15 is 0 Å². The normalized spacial score (nSPS) is 10.5. The number of carbonyl (C=O) groups is 1. The zero-order valence-corrected chi connectivity index (χ0v) is 13.9. The topological polar surface area (TPSA) is 106 Å². The van der Waals surface area contributed by atoms with Crippen LogP contribution < -0.4 is 15.5 Å². The van der Waals surface area contributed by atoms with E-state index in [1.54, 1.807) is 0 Å². The standard InChI is InChI=1S/C17H18N4O4/c1-12-5-3-4-6-15(12)18-11-17(22)20-19-10-13-9-14(21(23)24)7-8-16(13)25-2/h3-10,18H,11H2,1-2H3,(H,20,22)/b19-10-. The molecule has 0 spiro atoms. The van der Waals surface area contributed by atoms with Crippen molar-refractivity contribution in [2.24, 2.45) is 5.10 Å². The minimum Gasteiger partial charge on any atom is -0.496 e. The van der Waals surface area contributed by atoms with Gasteiger partial charge in [0.1, 0.15) is 5.75 Å². The molecule has 2 N–H and O–H groups in total. The number of hydrazone groups is 1. The molecular weight excluding hydrogens is 324 g/mol. The number of rotatable bonds is 7. The van der Waals surface area contributed by atoms with Gasteiger partial charge in [-0.05, 0) is 24.6 Å². The zero-order chi connectivity index (χ0) is 18.2. The summed E-state index contributed by atoms with van der Waals surface area (Å²) >= 11 is 0. The summed E-state index contributed by atoms with van der Waals surface area (Å²) in [4.78, 5) is 22.1. The summed E-state index contributed by atoms with van der Waals surface area (Å²) in [6, 6.07) is 11.7. The highest BCUT2D eigenvalue weighted by Crippen LogP contribution is 2.22. The molecule has 0 aliphatic rings. The van der Waals surface area contributed by atoms with Gasteiger partial charge >= 0.3 is 0 Å². The number of nitro benzene ring substituents is 1. The van der Waals surface area contributed by atoms with E-state index in [-0.39, 0.29) is 18.1 Å². The van der Waals surface area contributed by atoms with Gasteiger partial charge in [0.25, 0.3) is 11.6 Å². The second-order valence-electron chi connectivity index (χ2n) is 5.15. The van der Waals surface area contributed by atoms with Crippen LogP contribution in [0.2, 0.25) is 0 Å². The Morgan fingerprint density at radius 1 is 1.32 bits per heavy atom. The Bertz CT molecular complexity index is 805. The first-order valence-electron chi connectivity index (χ1n) is 7.45. The summed E-state index contributed by atoms with van der Waals surface area (Å²) in [7, 11) is 1.45. The van der Waals surface area contributed by atoms with Crippen LogP contribution in [0.4, 0.5) is 11.4 Å². The average molecular weight is 342 g/mol. The van der Waals surface area contributed by atoms with Gasteiger partial charge in [-0.15, -0.1) is 0 Å². The lowest BCUT2D eigenvalue weighted by molar-refractivity contribution is -0.384. The molecular formula is C17H18N4O4. The number of methoxy groups -OCH3 is 1. The van der Waals surface area contributed by atoms with Gasteiger partial charge in [-0.2, -0.15) is 5.10 Å². The van der Waals surface area contributed by atoms with E-state index in [0.29, 0.717) is 11.3 Å². The molecule has 0 aromatic heterocycles. The summed E-state index contributed by atoms with van der Waals surface area (Å²) in [5.41, 5.74) is 4.56. The van der Waals surface area contributed by atoms with Gasteiger partial charge < -0.3 is 10.1 Å². The van der Waals surface area contributed by atoms with Crippen molar-refractivity contribution in [3.05, 3.63) is 63.7 Å². The van der Waals surface area contributed by atoms with Crippen LogP contribution in [0, 0.1) is 17.0 Å². The molecule has 0 saturated carbocycles. The molecule has 0 unspecified atom stereocenters. The van der Waals surface area contributed by atoms with Gasteiger partial charge in [0.2, 0.25) is 0 Å². The summed E-state index contributed by atoms with van der Waals surface area (Å²) in [5.74, 6) is 0.0746. The second kappa shape index (κ2) is 8.44. The fourth-order valence-electron chi connectivity index (χ4n) is 2.10. The lowest BCUT2D eigenvalue weighted by Gasteiger charge is -2.08. The molecule has 8 heteroatoms. The molecule has 0 atom stereocenters. The summed E-state index contributed by atoms with van der Waals surface area (Å²) in [5, 5.41) is 17.7. The number of amides is 1. The van der Waals surface area contributed by atoms with Crippen LogP contribution in [-0.4, -0.2) is 30.7 Å². The van der Waals surface area contributed by atoms with E-state index in [9.17, 15) is 14.9 Å². The monoisotopic (exact) mass is 342 g/mol. The summed E-state index contributed by atoms with van der Waals surface area (Å²) in [6.07, 6.45) is 1.30. The zero-order valence-electron chi connectivity index (χ0n) is 13.9. The second-order valence-corrected chi connectivity index (χ2v) is 5.15. The Morgan fingerprint density at radius 3 is 2.76 bits per heavy atom. The molecule has 1 amide bonds. The Balaban J connectivity index is 1.96. The Labute approximate surface area is 144 Å². The molecule has 0 fully saturated rings. The quantitative estimate of drug-likeness (QED) is 0.457. The maximum Gasteiger partial charge on any atom is 0.270 e. The number of nitrogens with one attached hydrogen (secondary N) is 2. The predicted molar refractivity (Wildman–Crippen MR) is 95.1 cm³/mol. The van der Waals surface area contributed by atoms with Crippen molar-refractivity contribution in [2.45, 2.75) is 6.92 Å². The summed E-state index contributed by atoms with van der Waals surface area (Å²) in [6.45, 7) is 1.99. The van der Waals surface area contributed by atoms with Crippen molar-refractivity contribution in [1.29, 1.82) is 0 Å². The minimum atomic E-state index is -0.512. The molecule has 0 heterocycles. The molecule has 0 aliphatic carbocycles. The maximum atomic E-state index is 11.8. The van der Waals surface area contributed by atoms with Crippen LogP contribution in [0.25, 0.3) is 0 Å². The highest BCUT2D eigenvalue weighted by Gasteiger charge is 2.10. The van der Waals surface area contributed by atoms with Crippen molar-refractivity contribution >= 4 is 23.5 Å². The molecule has 0 radical (unpaired) electrons. The number of carbonyl (C=O) groups excluding carboxylic acids is 1. The number of aryl methyl sites for hydroxylation is 1. The van der Waals surface area contributed by atoms with Crippen molar-refractivity contribution in [3.8, 4) is 5.75 Å². The molecule has 130 valence electrons. The third-order valence-corrected chi connectivity index (χ3v) is 3.40. The number of non-ortho nitro benzene ring substituents is 1. The van der Waals surface area contributed by atoms with Crippen molar-refractivity contribution in [3.63, 3.8) is 0 Å². The van der Waals surface area contributed by atoms with E-state index in [1.165, 1.54) is 31.5 Å². The highest BCUT2D eigenvalue weighted by molar-refractivity contribution is 5.87. The van der Waals surface area contributed by atoms with Crippen LogP contribution in [-0.2, 0) is 4.79 Å². The fraction of sp³-hybridized carbons (Fsp3) is 0.176. The van der Waals surface area contributed by atoms with E-state index in [0.717, 1.165) is 11.3 Å². The molecule has 8 nitrogen and oxygen atoms in total. The molecule has 0 saturated heterocycles. The van der Waals surface area contributed by atoms with Crippen LogP contribution >= 0.6 is 0 Å². The SMILES string of the molecule is COc1ccc([N+](=O)[O-])cc1/C=N\NC(=O)CNc1ccccc1C. The number of hydrogen-bond donors (Lipinski definition) is 2. The minimum absolute atomic E-state index is 0.0499. The molecule has 2 aromatic carbocycles. The number of ether oxygens (including phenoxy) is 1. The van der Waals surface area contributed by atoms with Gasteiger partial charge in [0.15, 0.2) is 0 Å². The highest BCUT2D eigenvalue weighted by atomic mass is 16.6. The van der Waals surface area contributed by atoms with Gasteiger partial charge in [0, 0.05) is 23.4 Å². The van der Waals surface area contributed by atoms with Crippen LogP contribution in [0.1, 0.15) is 11.1 Å². The van der Waals surface area contributed by atoms with E-state index in [1.807, 2.05) is 31.2 Å². The first kappa shape index (κ1) is 17.9. The predicted octanol–water partition coefficient (Wildman–Crippen LogP) is 2.47. The smallest absolute Gasteiger partial charge is 0.270 e. The number of hydrogen-bond acceptors (Lipinski definition) is 6. The van der Waals surface area contributed by atoms with Crippen LogP contribution in [0.5, 0.6) is 5.75 Å². The first-order chi connectivity index (χ1) is 12.0. The number of nitrogens with zero attached hydrogens (tertiary/aromatic N) is 2. The lowest BCUT2D eigenvalue weighted by atomic mass is 10.2. The van der Waals surface area contributed by atoms with Crippen LogP contribution in [0.15, 0.2) is 47.6 Å². The van der Waals surface area contributed by atoms with E-state index < -0.39 is 4.92 Å². The Hall–Kier alpha value is -3.42. The number of nitro groups is 1. The van der Waals surface area contributed by atoms with Gasteiger partial charge in [-0.25, -0.2) is 5.43 Å². The molecule has 2 aromatic rings. The first-order valence-corrected chi connectivity index (χ1v) is 7.45. The Morgan fingerprint density at radius 2 is 2.08 bits per heavy atom. The van der Waals surface area contributed by atoms with E-state index in [2.05, 4.69) is 15.8 Å². The molecule has 25 heavy (non-hydrogen) atoms. The van der Waals surface area contributed by atoms with Gasteiger partial charge in [-0.3, -0.25) is 14.9 Å². The molecule has 0 aliphatic heterocycles. The number of benzene rings is 2. The van der Waals surface area contributed by atoms with Crippen LogP contribution in [0.3, 0.4) is 0 Å². The van der Waals surface area contributed by atoms with Crippen molar-refractivity contribution < 1.29 is 14.5 Å². The lowest BCUT2D eigenvalue weighted by Crippen LogP contribution is -2.26. The van der Waals surface area contributed by atoms with Gasteiger partial charge in [-0.1, -0.05) is 18.2 Å². The maximum absolute atomic E-state index is 11.8. The fourth-order valence-corrected chi connectivity index (χ4v) is 2.10. The number of anilines is 1. The van der Waals surface area contributed by atoms with Gasteiger partial charge in [0.05, 0.1) is 24.8 Å². The van der Waals surface area contributed by atoms with Crippen molar-refractivity contribution in [2.75, 3.05) is 19.0 Å². The largest absolute Gasteiger partial charge is 0.496 e. The van der Waals surface area contributed by atoms with E-state index in [4.69, 9.17) is 4.74 Å². The molecule has 0 bridgehead atoms. The number of para-hydroxylation sites is 1. The molecule has 2 rings (SSSR count). The third-order valence-electron chi connectivity index (χ3n) is 3.40. The summed E-state index contributed by atoms with van der Waals surface area (Å²) < 4.78 is 5.12. The Kier molecular flexibility index (Phi) is 6.05. The average Bonchev–Trinajstić information content (AvgIpc) is 2.61.